The molecule has 1 atom stereocenters. The van der Waals surface area contributed by atoms with Crippen molar-refractivity contribution in [3.8, 4) is 5.75 Å². The summed E-state index contributed by atoms with van der Waals surface area (Å²) in [6.07, 6.45) is 0. The first-order valence-electron chi connectivity index (χ1n) is 8.70. The number of halogens is 2. The zero-order valence-electron chi connectivity index (χ0n) is 16.0. The molecule has 1 fully saturated rings. The number of para-hydroxylation sites is 1. The van der Waals surface area contributed by atoms with Crippen LogP contribution >= 0.6 is 0 Å². The van der Waals surface area contributed by atoms with Crippen molar-refractivity contribution in [2.24, 2.45) is 0 Å². The summed E-state index contributed by atoms with van der Waals surface area (Å²) < 4.78 is 32.6. The first-order valence-corrected chi connectivity index (χ1v) is 8.70. The van der Waals surface area contributed by atoms with E-state index in [4.69, 9.17) is 4.74 Å². The molecule has 0 spiro atoms. The Hall–Kier alpha value is -3.49. The molecule has 1 aliphatic heterocycles. The van der Waals surface area contributed by atoms with Crippen molar-refractivity contribution in [2.45, 2.75) is 19.4 Å². The fraction of sp³-hybridized carbons (Fsp3) is 0.250. The quantitative estimate of drug-likeness (QED) is 0.752. The Balaban J connectivity index is 1.80. The number of hydrogen-bond donors (Lipinski definition) is 2. The van der Waals surface area contributed by atoms with Crippen LogP contribution < -0.4 is 15.4 Å². The predicted octanol–water partition coefficient (Wildman–Crippen LogP) is 2.69. The highest BCUT2D eigenvalue weighted by atomic mass is 19.1. The number of aryl methyl sites for hydroxylation is 1. The van der Waals surface area contributed by atoms with Crippen LogP contribution in [-0.2, 0) is 15.1 Å². The Morgan fingerprint density at radius 3 is 2.45 bits per heavy atom. The van der Waals surface area contributed by atoms with Gasteiger partial charge in [-0.25, -0.2) is 13.6 Å². The molecule has 1 heterocycles. The van der Waals surface area contributed by atoms with Crippen LogP contribution in [0.2, 0.25) is 0 Å². The molecule has 9 heteroatoms. The monoisotopic (exact) mass is 403 g/mol. The van der Waals surface area contributed by atoms with E-state index >= 15 is 0 Å². The van der Waals surface area contributed by atoms with Gasteiger partial charge in [-0.3, -0.25) is 14.5 Å². The fourth-order valence-electron chi connectivity index (χ4n) is 3.17. The van der Waals surface area contributed by atoms with Crippen LogP contribution in [0.4, 0.5) is 19.3 Å². The Kier molecular flexibility index (Phi) is 5.23. The molecule has 0 saturated carbocycles. The minimum absolute atomic E-state index is 0.511. The average molecular weight is 403 g/mol. The number of benzene rings is 2. The molecule has 0 bridgehead atoms. The van der Waals surface area contributed by atoms with Crippen molar-refractivity contribution in [2.75, 3.05) is 19.0 Å². The van der Waals surface area contributed by atoms with Crippen molar-refractivity contribution in [1.82, 2.24) is 10.2 Å². The van der Waals surface area contributed by atoms with Gasteiger partial charge >= 0.3 is 6.03 Å². The molecule has 7 nitrogen and oxygen atoms in total. The van der Waals surface area contributed by atoms with Crippen molar-refractivity contribution in [3.63, 3.8) is 0 Å². The number of carbonyl (C=O) groups is 3. The zero-order valence-corrected chi connectivity index (χ0v) is 16.0. The second-order valence-electron chi connectivity index (χ2n) is 6.78. The van der Waals surface area contributed by atoms with E-state index in [1.54, 1.807) is 25.1 Å². The summed E-state index contributed by atoms with van der Waals surface area (Å²) in [6.45, 7) is 2.62. The Bertz CT molecular complexity index is 991. The summed E-state index contributed by atoms with van der Waals surface area (Å²) in [5.41, 5.74) is -0.757. The molecule has 1 unspecified atom stereocenters. The lowest BCUT2D eigenvalue weighted by molar-refractivity contribution is -0.133. The van der Waals surface area contributed by atoms with Crippen LogP contribution in [-0.4, -0.2) is 36.4 Å². The normalized spacial score (nSPS) is 18.6. The number of carbonyl (C=O) groups excluding carboxylic acids is 3. The molecule has 2 aromatic rings. The van der Waals surface area contributed by atoms with Crippen molar-refractivity contribution in [1.29, 1.82) is 0 Å². The van der Waals surface area contributed by atoms with Gasteiger partial charge in [0.15, 0.2) is 0 Å². The van der Waals surface area contributed by atoms with Crippen LogP contribution in [0.25, 0.3) is 0 Å². The number of nitrogens with one attached hydrogen (secondary N) is 2. The highest BCUT2D eigenvalue weighted by Crippen LogP contribution is 2.31. The fourth-order valence-corrected chi connectivity index (χ4v) is 3.17. The number of urea groups is 1. The van der Waals surface area contributed by atoms with Gasteiger partial charge in [-0.05, 0) is 49.2 Å². The average Bonchev–Trinajstić information content (AvgIpc) is 2.89. The van der Waals surface area contributed by atoms with E-state index in [9.17, 15) is 23.2 Å². The first-order chi connectivity index (χ1) is 13.7. The van der Waals surface area contributed by atoms with E-state index in [0.29, 0.717) is 16.2 Å². The molecule has 29 heavy (non-hydrogen) atoms. The summed E-state index contributed by atoms with van der Waals surface area (Å²) in [5, 5.41) is 4.63. The molecule has 2 aromatic carbocycles. The molecule has 1 saturated heterocycles. The van der Waals surface area contributed by atoms with E-state index in [2.05, 4.69) is 10.6 Å². The van der Waals surface area contributed by atoms with Crippen molar-refractivity contribution >= 4 is 23.5 Å². The standard InChI is InChI=1S/C20H19F2N3O4/c1-11-9-12(7-8-15(11)29-3)20(2)18(27)25(19(28)24-20)10-16(26)23-17-13(21)5-4-6-14(17)22/h4-9H,10H2,1-3H3,(H,23,26)(H,24,28). The van der Waals surface area contributed by atoms with Crippen LogP contribution in [0.15, 0.2) is 36.4 Å². The minimum atomic E-state index is -1.39. The number of imide groups is 1. The molecule has 0 aromatic heterocycles. The number of anilines is 1. The van der Waals surface area contributed by atoms with Crippen molar-refractivity contribution in [3.05, 3.63) is 59.2 Å². The summed E-state index contributed by atoms with van der Waals surface area (Å²) in [5.74, 6) is -2.87. The third kappa shape index (κ3) is 3.63. The van der Waals surface area contributed by atoms with Gasteiger partial charge in [-0.15, -0.1) is 0 Å². The third-order valence-electron chi connectivity index (χ3n) is 4.78. The molecule has 1 aliphatic rings. The van der Waals surface area contributed by atoms with Gasteiger partial charge in [0, 0.05) is 0 Å². The maximum atomic E-state index is 13.7. The maximum absolute atomic E-state index is 13.7. The Labute approximate surface area is 165 Å². The SMILES string of the molecule is COc1ccc(C2(C)NC(=O)N(CC(=O)Nc3c(F)cccc3F)C2=O)cc1C. The number of nitrogens with zero attached hydrogens (tertiary/aromatic N) is 1. The van der Waals surface area contributed by atoms with E-state index in [1.165, 1.54) is 14.0 Å². The topological polar surface area (TPSA) is 87.7 Å². The van der Waals surface area contributed by atoms with E-state index in [-0.39, 0.29) is 0 Å². The van der Waals surface area contributed by atoms with Gasteiger partial charge in [-0.1, -0.05) is 12.1 Å². The molecule has 0 radical (unpaired) electrons. The van der Waals surface area contributed by atoms with Gasteiger partial charge < -0.3 is 15.4 Å². The smallest absolute Gasteiger partial charge is 0.325 e. The summed E-state index contributed by atoms with van der Waals surface area (Å²) in [7, 11) is 1.52. The van der Waals surface area contributed by atoms with Crippen molar-refractivity contribution < 1.29 is 27.9 Å². The molecule has 2 N–H and O–H groups in total. The minimum Gasteiger partial charge on any atom is -0.496 e. The maximum Gasteiger partial charge on any atom is 0.325 e. The highest BCUT2D eigenvalue weighted by molar-refractivity contribution is 6.10. The second kappa shape index (κ2) is 7.50. The molecule has 4 amide bonds. The number of amides is 4. The van der Waals surface area contributed by atoms with Crippen LogP contribution in [0.1, 0.15) is 18.1 Å². The zero-order chi connectivity index (χ0) is 21.3. The Morgan fingerprint density at radius 1 is 1.21 bits per heavy atom. The molecular weight excluding hydrogens is 384 g/mol. The molecule has 152 valence electrons. The van der Waals surface area contributed by atoms with Gasteiger partial charge in [-0.2, -0.15) is 0 Å². The van der Waals surface area contributed by atoms with Gasteiger partial charge in [0.25, 0.3) is 5.91 Å². The van der Waals surface area contributed by atoms with Crippen LogP contribution in [0.5, 0.6) is 5.75 Å². The van der Waals surface area contributed by atoms with E-state index in [1.807, 2.05) is 0 Å². The summed E-state index contributed by atoms with van der Waals surface area (Å²) >= 11 is 0. The van der Waals surface area contributed by atoms with Gasteiger partial charge in [0.1, 0.15) is 35.2 Å². The number of methoxy groups -OCH3 is 1. The van der Waals surface area contributed by atoms with Crippen LogP contribution in [0, 0.1) is 18.6 Å². The predicted molar refractivity (Wildman–Crippen MR) is 100 cm³/mol. The lowest BCUT2D eigenvalue weighted by atomic mass is 9.90. The number of hydrogen-bond acceptors (Lipinski definition) is 4. The molecule has 0 aliphatic carbocycles. The number of ether oxygens (including phenoxy) is 1. The van der Waals surface area contributed by atoms with Gasteiger partial charge in [0.2, 0.25) is 5.91 Å². The first kappa shape index (κ1) is 20.2. The van der Waals surface area contributed by atoms with E-state index in [0.717, 1.165) is 23.8 Å². The molecule has 3 rings (SSSR count). The lowest BCUT2D eigenvalue weighted by Crippen LogP contribution is -2.42. The largest absolute Gasteiger partial charge is 0.496 e. The van der Waals surface area contributed by atoms with Gasteiger partial charge in [0.05, 0.1) is 7.11 Å². The third-order valence-corrected chi connectivity index (χ3v) is 4.78. The summed E-state index contributed by atoms with van der Waals surface area (Å²) in [6, 6.07) is 7.35. The summed E-state index contributed by atoms with van der Waals surface area (Å²) in [4.78, 5) is 38.2. The highest BCUT2D eigenvalue weighted by Gasteiger charge is 2.49. The second-order valence-corrected chi connectivity index (χ2v) is 6.78. The Morgan fingerprint density at radius 2 is 1.86 bits per heavy atom. The van der Waals surface area contributed by atoms with Crippen LogP contribution in [0.3, 0.4) is 0 Å². The molecular formula is C20H19F2N3O4. The lowest BCUT2D eigenvalue weighted by Gasteiger charge is -2.23. The number of rotatable bonds is 5. The van der Waals surface area contributed by atoms with E-state index < -0.39 is 47.3 Å².